The fourth-order valence-corrected chi connectivity index (χ4v) is 0.992. The van der Waals surface area contributed by atoms with Gasteiger partial charge in [0.25, 0.3) is 5.91 Å². The van der Waals surface area contributed by atoms with Crippen LogP contribution in [0.4, 0.5) is 0 Å². The number of hydrogen-bond donors (Lipinski definition) is 3. The van der Waals surface area contributed by atoms with Crippen LogP contribution in [0.5, 0.6) is 0 Å². The molecule has 1 fully saturated rings. The van der Waals surface area contributed by atoms with Crippen molar-refractivity contribution in [3.63, 3.8) is 0 Å². The summed E-state index contributed by atoms with van der Waals surface area (Å²) in [7, 11) is 0. The Morgan fingerprint density at radius 1 is 1.27 bits per heavy atom. The van der Waals surface area contributed by atoms with E-state index in [2.05, 4.69) is 15.6 Å². The quantitative estimate of drug-likeness (QED) is 0.403. The summed E-state index contributed by atoms with van der Waals surface area (Å²) < 4.78 is 4.57. The molecule has 1 rings (SSSR count). The van der Waals surface area contributed by atoms with Gasteiger partial charge in [0.15, 0.2) is 12.2 Å². The standard InChI is InChI=1S/C8H12N2O5/c1-2-3-4(11)9-10-7(12)5-6(15-5)8(13)14/h5-6H,2-3H2,1H3,(H,9,11)(H,10,12)(H,13,14). The number of carboxylic acids is 1. The van der Waals surface area contributed by atoms with E-state index in [-0.39, 0.29) is 5.91 Å². The van der Waals surface area contributed by atoms with E-state index in [1.807, 2.05) is 6.92 Å². The summed E-state index contributed by atoms with van der Waals surface area (Å²) in [5.74, 6) is -2.15. The first kappa shape index (κ1) is 11.4. The molecule has 0 radical (unpaired) electrons. The summed E-state index contributed by atoms with van der Waals surface area (Å²) in [5.41, 5.74) is 4.24. The van der Waals surface area contributed by atoms with Crippen LogP contribution < -0.4 is 10.9 Å². The average molecular weight is 216 g/mol. The smallest absolute Gasteiger partial charge is 0.336 e. The van der Waals surface area contributed by atoms with Crippen LogP contribution in [-0.4, -0.2) is 35.1 Å². The molecule has 0 aromatic heterocycles. The highest BCUT2D eigenvalue weighted by atomic mass is 16.6. The number of amides is 2. The lowest BCUT2D eigenvalue weighted by molar-refractivity contribution is -0.138. The van der Waals surface area contributed by atoms with Crippen molar-refractivity contribution >= 4 is 17.8 Å². The summed E-state index contributed by atoms with van der Waals surface area (Å²) in [6.45, 7) is 1.83. The summed E-state index contributed by atoms with van der Waals surface area (Å²) >= 11 is 0. The fourth-order valence-electron chi connectivity index (χ4n) is 0.992. The molecule has 1 aliphatic heterocycles. The van der Waals surface area contributed by atoms with Gasteiger partial charge in [-0.2, -0.15) is 0 Å². The predicted molar refractivity (Wildman–Crippen MR) is 47.5 cm³/mol. The van der Waals surface area contributed by atoms with Gasteiger partial charge < -0.3 is 9.84 Å². The first-order chi connectivity index (χ1) is 7.06. The molecule has 1 saturated heterocycles. The van der Waals surface area contributed by atoms with Gasteiger partial charge in [-0.3, -0.25) is 20.4 Å². The summed E-state index contributed by atoms with van der Waals surface area (Å²) in [5, 5.41) is 8.44. The molecule has 15 heavy (non-hydrogen) atoms. The monoisotopic (exact) mass is 216 g/mol. The number of hydrazine groups is 1. The highest BCUT2D eigenvalue weighted by Crippen LogP contribution is 2.21. The number of carboxylic acid groups (broad SMARTS) is 1. The third kappa shape index (κ3) is 3.21. The predicted octanol–water partition coefficient (Wildman–Crippen LogP) is -1.21. The third-order valence-electron chi connectivity index (χ3n) is 1.80. The second-order valence-corrected chi connectivity index (χ2v) is 3.10. The topological polar surface area (TPSA) is 108 Å². The van der Waals surface area contributed by atoms with Crippen LogP contribution in [0.2, 0.25) is 0 Å². The van der Waals surface area contributed by atoms with Gasteiger partial charge in [0.05, 0.1) is 0 Å². The Bertz CT molecular complexity index is 291. The van der Waals surface area contributed by atoms with Crippen molar-refractivity contribution in [1.29, 1.82) is 0 Å². The van der Waals surface area contributed by atoms with Crippen molar-refractivity contribution in [2.45, 2.75) is 32.0 Å². The van der Waals surface area contributed by atoms with Gasteiger partial charge in [-0.05, 0) is 6.42 Å². The Labute approximate surface area is 85.8 Å². The molecule has 2 atom stereocenters. The molecule has 84 valence electrons. The van der Waals surface area contributed by atoms with Gasteiger partial charge >= 0.3 is 5.97 Å². The molecule has 0 aliphatic carbocycles. The SMILES string of the molecule is CCCC(=O)NNC(=O)C1OC1C(=O)O. The number of carbonyl (C=O) groups is 3. The number of aliphatic carboxylic acids is 1. The van der Waals surface area contributed by atoms with E-state index >= 15 is 0 Å². The first-order valence-electron chi connectivity index (χ1n) is 4.53. The third-order valence-corrected chi connectivity index (χ3v) is 1.80. The zero-order chi connectivity index (χ0) is 11.4. The number of hydrogen-bond acceptors (Lipinski definition) is 4. The van der Waals surface area contributed by atoms with E-state index in [0.717, 1.165) is 0 Å². The molecule has 2 amide bonds. The summed E-state index contributed by atoms with van der Waals surface area (Å²) in [4.78, 5) is 32.4. The molecular weight excluding hydrogens is 204 g/mol. The van der Waals surface area contributed by atoms with Gasteiger partial charge in [-0.25, -0.2) is 4.79 Å². The van der Waals surface area contributed by atoms with Crippen LogP contribution in [0.25, 0.3) is 0 Å². The lowest BCUT2D eigenvalue weighted by Crippen LogP contribution is -2.44. The lowest BCUT2D eigenvalue weighted by Gasteiger charge is -2.03. The molecule has 2 unspecified atom stereocenters. The van der Waals surface area contributed by atoms with Gasteiger partial charge in [0.1, 0.15) is 0 Å². The highest BCUT2D eigenvalue weighted by Gasteiger charge is 2.50. The van der Waals surface area contributed by atoms with Gasteiger partial charge in [0.2, 0.25) is 5.91 Å². The number of carbonyl (C=O) groups excluding carboxylic acids is 2. The molecule has 0 aromatic rings. The molecule has 7 nitrogen and oxygen atoms in total. The Kier molecular flexibility index (Phi) is 3.62. The lowest BCUT2D eigenvalue weighted by atomic mass is 10.3. The number of epoxide rings is 1. The minimum Gasteiger partial charge on any atom is -0.479 e. The van der Waals surface area contributed by atoms with Gasteiger partial charge in [-0.15, -0.1) is 0 Å². The second kappa shape index (κ2) is 4.74. The van der Waals surface area contributed by atoms with Crippen LogP contribution in [0.3, 0.4) is 0 Å². The van der Waals surface area contributed by atoms with Crippen molar-refractivity contribution in [3.05, 3.63) is 0 Å². The zero-order valence-corrected chi connectivity index (χ0v) is 8.15. The summed E-state index contributed by atoms with van der Waals surface area (Å²) in [6, 6.07) is 0. The maximum atomic E-state index is 11.1. The normalized spacial score (nSPS) is 23.0. The average Bonchev–Trinajstić information content (AvgIpc) is 2.94. The Morgan fingerprint density at radius 3 is 2.40 bits per heavy atom. The Balaban J connectivity index is 2.21. The number of nitrogens with one attached hydrogen (secondary N) is 2. The van der Waals surface area contributed by atoms with Crippen molar-refractivity contribution in [2.24, 2.45) is 0 Å². The second-order valence-electron chi connectivity index (χ2n) is 3.10. The first-order valence-corrected chi connectivity index (χ1v) is 4.53. The molecule has 1 aliphatic rings. The van der Waals surface area contributed by atoms with Crippen molar-refractivity contribution in [2.75, 3.05) is 0 Å². The van der Waals surface area contributed by atoms with Crippen LogP contribution in [-0.2, 0) is 19.1 Å². The van der Waals surface area contributed by atoms with Crippen LogP contribution in [0.15, 0.2) is 0 Å². The van der Waals surface area contributed by atoms with Gasteiger partial charge in [-0.1, -0.05) is 6.92 Å². The molecule has 7 heteroatoms. The Hall–Kier alpha value is -1.63. The molecule has 0 saturated carbocycles. The molecule has 3 N–H and O–H groups in total. The minimum atomic E-state index is -1.19. The zero-order valence-electron chi connectivity index (χ0n) is 8.15. The van der Waals surface area contributed by atoms with E-state index < -0.39 is 24.1 Å². The summed E-state index contributed by atoms with van der Waals surface area (Å²) in [6.07, 6.45) is -1.12. The fraction of sp³-hybridized carbons (Fsp3) is 0.625. The maximum absolute atomic E-state index is 11.1. The van der Waals surface area contributed by atoms with E-state index in [1.54, 1.807) is 0 Å². The Morgan fingerprint density at radius 2 is 1.93 bits per heavy atom. The molecule has 0 spiro atoms. The van der Waals surface area contributed by atoms with E-state index in [4.69, 9.17) is 5.11 Å². The largest absolute Gasteiger partial charge is 0.479 e. The van der Waals surface area contributed by atoms with Crippen LogP contribution >= 0.6 is 0 Å². The van der Waals surface area contributed by atoms with Crippen molar-refractivity contribution < 1.29 is 24.2 Å². The van der Waals surface area contributed by atoms with Crippen molar-refractivity contribution in [1.82, 2.24) is 10.9 Å². The van der Waals surface area contributed by atoms with Crippen LogP contribution in [0, 0.1) is 0 Å². The van der Waals surface area contributed by atoms with E-state index in [0.29, 0.717) is 12.8 Å². The molecule has 0 aromatic carbocycles. The maximum Gasteiger partial charge on any atom is 0.336 e. The van der Waals surface area contributed by atoms with E-state index in [9.17, 15) is 14.4 Å². The number of ether oxygens (including phenoxy) is 1. The minimum absolute atomic E-state index is 0.300. The molecule has 0 bridgehead atoms. The highest BCUT2D eigenvalue weighted by molar-refractivity contribution is 5.93. The molecular formula is C8H12N2O5. The van der Waals surface area contributed by atoms with Crippen LogP contribution in [0.1, 0.15) is 19.8 Å². The molecule has 1 heterocycles. The van der Waals surface area contributed by atoms with E-state index in [1.165, 1.54) is 0 Å². The van der Waals surface area contributed by atoms with Gasteiger partial charge in [0, 0.05) is 6.42 Å². The van der Waals surface area contributed by atoms with Crippen molar-refractivity contribution in [3.8, 4) is 0 Å². The number of rotatable bonds is 4.